The van der Waals surface area contributed by atoms with Gasteiger partial charge in [0.15, 0.2) is 0 Å². The second kappa shape index (κ2) is 9.36. The zero-order valence-corrected chi connectivity index (χ0v) is 19.1. The van der Waals surface area contributed by atoms with Gasteiger partial charge in [0, 0.05) is 17.0 Å². The third-order valence-corrected chi connectivity index (χ3v) is 6.31. The van der Waals surface area contributed by atoms with Gasteiger partial charge in [-0.1, -0.05) is 30.3 Å². The molecule has 2 heterocycles. The summed E-state index contributed by atoms with van der Waals surface area (Å²) in [5, 5.41) is 0.684. The SMILES string of the molecule is COC(=O)c1ccc(OCCCn2c(C)nc3sc(C)c(-c4ccccc4)c3c2=O)cc1. The van der Waals surface area contributed by atoms with E-state index in [4.69, 9.17) is 14.5 Å². The van der Waals surface area contributed by atoms with Crippen LogP contribution in [-0.2, 0) is 11.3 Å². The van der Waals surface area contributed by atoms with Gasteiger partial charge in [0.25, 0.3) is 5.56 Å². The summed E-state index contributed by atoms with van der Waals surface area (Å²) in [6, 6.07) is 16.8. The molecule has 0 spiro atoms. The van der Waals surface area contributed by atoms with Gasteiger partial charge < -0.3 is 9.47 Å². The number of aryl methyl sites for hydroxylation is 2. The van der Waals surface area contributed by atoms with Crippen LogP contribution < -0.4 is 10.3 Å². The Bertz CT molecular complexity index is 1310. The quantitative estimate of drug-likeness (QED) is 0.294. The Morgan fingerprint density at radius 3 is 2.47 bits per heavy atom. The standard InChI is InChI=1S/C25H24N2O4S/c1-16-21(18-8-5-4-6-9-18)22-23(32-16)26-17(2)27(24(22)28)14-7-15-31-20-12-10-19(11-13-20)25(29)30-3/h4-6,8-13H,7,14-15H2,1-3H3. The lowest BCUT2D eigenvalue weighted by atomic mass is 10.0. The van der Waals surface area contributed by atoms with E-state index in [1.54, 1.807) is 40.2 Å². The van der Waals surface area contributed by atoms with E-state index in [9.17, 15) is 9.59 Å². The molecule has 2 aromatic carbocycles. The summed E-state index contributed by atoms with van der Waals surface area (Å²) in [5.74, 6) is 0.980. The monoisotopic (exact) mass is 448 g/mol. The molecule has 0 N–H and O–H groups in total. The number of thiophene rings is 1. The number of rotatable bonds is 7. The molecule has 164 valence electrons. The number of fused-ring (bicyclic) bond motifs is 1. The van der Waals surface area contributed by atoms with E-state index in [-0.39, 0.29) is 11.5 Å². The van der Waals surface area contributed by atoms with Crippen molar-refractivity contribution in [1.82, 2.24) is 9.55 Å². The fourth-order valence-electron chi connectivity index (χ4n) is 3.73. The molecule has 32 heavy (non-hydrogen) atoms. The lowest BCUT2D eigenvalue weighted by Crippen LogP contribution is -2.24. The molecular weight excluding hydrogens is 424 g/mol. The maximum absolute atomic E-state index is 13.4. The van der Waals surface area contributed by atoms with Gasteiger partial charge in [-0.05, 0) is 50.1 Å². The molecule has 0 bridgehead atoms. The van der Waals surface area contributed by atoms with E-state index < -0.39 is 0 Å². The van der Waals surface area contributed by atoms with E-state index in [2.05, 4.69) is 0 Å². The van der Waals surface area contributed by atoms with Crippen LogP contribution in [0.3, 0.4) is 0 Å². The smallest absolute Gasteiger partial charge is 0.337 e. The first kappa shape index (κ1) is 21.8. The summed E-state index contributed by atoms with van der Waals surface area (Å²) in [5.41, 5.74) is 2.46. The van der Waals surface area contributed by atoms with E-state index >= 15 is 0 Å². The van der Waals surface area contributed by atoms with Crippen molar-refractivity contribution in [2.45, 2.75) is 26.8 Å². The van der Waals surface area contributed by atoms with Gasteiger partial charge in [-0.25, -0.2) is 9.78 Å². The molecule has 0 saturated carbocycles. The van der Waals surface area contributed by atoms with Crippen LogP contribution in [0.4, 0.5) is 0 Å². The Morgan fingerprint density at radius 1 is 1.06 bits per heavy atom. The predicted octanol–water partition coefficient (Wildman–Crippen LogP) is 5.00. The molecule has 7 heteroatoms. The van der Waals surface area contributed by atoms with Crippen molar-refractivity contribution in [3.63, 3.8) is 0 Å². The summed E-state index contributed by atoms with van der Waals surface area (Å²) < 4.78 is 12.2. The molecule has 4 aromatic rings. The van der Waals surface area contributed by atoms with Crippen molar-refractivity contribution in [3.05, 3.63) is 81.2 Å². The van der Waals surface area contributed by atoms with Crippen molar-refractivity contribution in [1.29, 1.82) is 0 Å². The molecule has 0 amide bonds. The molecule has 0 aliphatic rings. The average Bonchev–Trinajstić information content (AvgIpc) is 3.14. The topological polar surface area (TPSA) is 70.4 Å². The number of hydrogen-bond acceptors (Lipinski definition) is 6. The van der Waals surface area contributed by atoms with Crippen LogP contribution >= 0.6 is 11.3 Å². The van der Waals surface area contributed by atoms with Crippen LogP contribution in [0.1, 0.15) is 27.5 Å². The molecule has 0 unspecified atom stereocenters. The maximum Gasteiger partial charge on any atom is 0.337 e. The lowest BCUT2D eigenvalue weighted by molar-refractivity contribution is 0.0600. The maximum atomic E-state index is 13.4. The van der Waals surface area contributed by atoms with Gasteiger partial charge in [0.2, 0.25) is 0 Å². The van der Waals surface area contributed by atoms with Gasteiger partial charge >= 0.3 is 5.97 Å². The first-order chi connectivity index (χ1) is 15.5. The summed E-state index contributed by atoms with van der Waals surface area (Å²) in [7, 11) is 1.35. The number of nitrogens with zero attached hydrogens (tertiary/aromatic N) is 2. The van der Waals surface area contributed by atoms with Gasteiger partial charge in [0.05, 0.1) is 24.7 Å². The van der Waals surface area contributed by atoms with Crippen LogP contribution in [0, 0.1) is 13.8 Å². The van der Waals surface area contributed by atoms with Crippen molar-refractivity contribution < 1.29 is 14.3 Å². The largest absolute Gasteiger partial charge is 0.494 e. The van der Waals surface area contributed by atoms with E-state index in [1.807, 2.05) is 44.2 Å². The molecule has 0 saturated heterocycles. The Labute approximate surface area is 190 Å². The summed E-state index contributed by atoms with van der Waals surface area (Å²) in [4.78, 5) is 31.5. The van der Waals surface area contributed by atoms with Crippen LogP contribution in [0.2, 0.25) is 0 Å². The second-order valence-corrected chi connectivity index (χ2v) is 8.62. The first-order valence-corrected chi connectivity index (χ1v) is 11.2. The Balaban J connectivity index is 1.51. The number of methoxy groups -OCH3 is 1. The minimum atomic E-state index is -0.382. The van der Waals surface area contributed by atoms with Gasteiger partial charge in [-0.2, -0.15) is 0 Å². The molecular formula is C25H24N2O4S. The molecule has 4 rings (SSSR count). The fourth-order valence-corrected chi connectivity index (χ4v) is 4.81. The highest BCUT2D eigenvalue weighted by Crippen LogP contribution is 2.35. The highest BCUT2D eigenvalue weighted by Gasteiger charge is 2.18. The number of esters is 1. The molecule has 6 nitrogen and oxygen atoms in total. The number of ether oxygens (including phenoxy) is 2. The summed E-state index contributed by atoms with van der Waals surface area (Å²) >= 11 is 1.56. The highest BCUT2D eigenvalue weighted by molar-refractivity contribution is 7.19. The molecule has 0 fully saturated rings. The third-order valence-electron chi connectivity index (χ3n) is 5.31. The van der Waals surface area contributed by atoms with Crippen molar-refractivity contribution in [2.75, 3.05) is 13.7 Å². The second-order valence-electron chi connectivity index (χ2n) is 7.41. The first-order valence-electron chi connectivity index (χ1n) is 10.4. The lowest BCUT2D eigenvalue weighted by Gasteiger charge is -2.11. The van der Waals surface area contributed by atoms with Crippen LogP contribution in [0.25, 0.3) is 21.3 Å². The number of carbonyl (C=O) groups excluding carboxylic acids is 1. The van der Waals surface area contributed by atoms with Gasteiger partial charge in [-0.15, -0.1) is 11.3 Å². The normalized spacial score (nSPS) is 11.0. The number of carbonyl (C=O) groups is 1. The van der Waals surface area contributed by atoms with E-state index in [0.29, 0.717) is 42.1 Å². The molecule has 0 aliphatic carbocycles. The van der Waals surface area contributed by atoms with Crippen LogP contribution in [-0.4, -0.2) is 29.2 Å². The molecule has 0 aliphatic heterocycles. The zero-order chi connectivity index (χ0) is 22.7. The summed E-state index contributed by atoms with van der Waals surface area (Å²) in [6.45, 7) is 4.85. The van der Waals surface area contributed by atoms with E-state index in [1.165, 1.54) is 7.11 Å². The number of hydrogen-bond donors (Lipinski definition) is 0. The van der Waals surface area contributed by atoms with Crippen molar-refractivity contribution in [3.8, 4) is 16.9 Å². The van der Waals surface area contributed by atoms with Crippen LogP contribution in [0.5, 0.6) is 5.75 Å². The van der Waals surface area contributed by atoms with Gasteiger partial charge in [-0.3, -0.25) is 9.36 Å². The summed E-state index contributed by atoms with van der Waals surface area (Å²) in [6.07, 6.45) is 0.649. The number of aromatic nitrogens is 2. The molecule has 0 atom stereocenters. The highest BCUT2D eigenvalue weighted by atomic mass is 32.1. The predicted molar refractivity (Wildman–Crippen MR) is 127 cm³/mol. The Morgan fingerprint density at radius 2 is 1.78 bits per heavy atom. The Kier molecular flexibility index (Phi) is 6.37. The molecule has 0 radical (unpaired) electrons. The zero-order valence-electron chi connectivity index (χ0n) is 18.3. The number of benzene rings is 2. The minimum Gasteiger partial charge on any atom is -0.494 e. The average molecular weight is 449 g/mol. The van der Waals surface area contributed by atoms with Gasteiger partial charge in [0.1, 0.15) is 16.4 Å². The van der Waals surface area contributed by atoms with Crippen molar-refractivity contribution in [2.24, 2.45) is 0 Å². The minimum absolute atomic E-state index is 0.0156. The fraction of sp³-hybridized carbons (Fsp3) is 0.240. The molecule has 2 aromatic heterocycles. The van der Waals surface area contributed by atoms with Crippen molar-refractivity contribution >= 4 is 27.5 Å². The van der Waals surface area contributed by atoms with E-state index in [0.717, 1.165) is 20.8 Å². The Hall–Kier alpha value is -3.45. The third kappa shape index (κ3) is 4.29. The van der Waals surface area contributed by atoms with Crippen LogP contribution in [0.15, 0.2) is 59.4 Å².